The predicted octanol–water partition coefficient (Wildman–Crippen LogP) is 3.33. The van der Waals surface area contributed by atoms with Crippen molar-refractivity contribution in [2.75, 3.05) is 6.61 Å². The quantitative estimate of drug-likeness (QED) is 0.876. The summed E-state index contributed by atoms with van der Waals surface area (Å²) >= 11 is 0. The molecule has 0 spiro atoms. The average molecular weight is 246 g/mol. The Morgan fingerprint density at radius 3 is 2.33 bits per heavy atom. The molecule has 0 saturated heterocycles. The third-order valence-electron chi connectivity index (χ3n) is 2.66. The smallest absolute Gasteiger partial charge is 0.123 e. The number of aliphatic hydroxyl groups is 1. The minimum atomic E-state index is -0.536. The van der Waals surface area contributed by atoms with Gasteiger partial charge >= 0.3 is 0 Å². The Bertz CT molecular complexity index is 468. The normalized spacial score (nSPS) is 12.1. The topological polar surface area (TPSA) is 29.5 Å². The first-order valence-corrected chi connectivity index (χ1v) is 5.87. The number of hydrogen-bond acceptors (Lipinski definition) is 2. The maximum Gasteiger partial charge on any atom is 0.123 e. The summed E-state index contributed by atoms with van der Waals surface area (Å²) in [5, 5.41) is 9.90. The van der Waals surface area contributed by atoms with E-state index in [1.165, 1.54) is 12.1 Å². The average Bonchev–Trinajstić information content (AvgIpc) is 2.42. The Kier molecular flexibility index (Phi) is 4.31. The zero-order valence-corrected chi connectivity index (χ0v) is 9.92. The van der Waals surface area contributed by atoms with Gasteiger partial charge in [-0.05, 0) is 29.8 Å². The molecule has 3 heteroatoms. The van der Waals surface area contributed by atoms with E-state index in [0.29, 0.717) is 18.8 Å². The minimum absolute atomic E-state index is 0.285. The lowest BCUT2D eigenvalue weighted by Gasteiger charge is -2.11. The number of rotatable bonds is 5. The second-order valence-electron chi connectivity index (χ2n) is 4.02. The highest BCUT2D eigenvalue weighted by molar-refractivity contribution is 5.22. The lowest BCUT2D eigenvalue weighted by Crippen LogP contribution is -2.05. The summed E-state index contributed by atoms with van der Waals surface area (Å²) in [5.74, 6) is 0.323. The summed E-state index contributed by atoms with van der Waals surface area (Å²) in [6.07, 6.45) is -0.0341. The van der Waals surface area contributed by atoms with Gasteiger partial charge in [-0.15, -0.1) is 0 Å². The molecule has 0 amide bonds. The SMILES string of the molecule is OC(CCOc1ccc(F)cc1)c1ccccc1. The van der Waals surface area contributed by atoms with Crippen molar-refractivity contribution in [3.05, 3.63) is 66.0 Å². The van der Waals surface area contributed by atoms with Gasteiger partial charge < -0.3 is 9.84 Å². The van der Waals surface area contributed by atoms with Gasteiger partial charge in [0.1, 0.15) is 11.6 Å². The Morgan fingerprint density at radius 1 is 1.00 bits per heavy atom. The molecule has 94 valence electrons. The van der Waals surface area contributed by atoms with Crippen LogP contribution in [-0.4, -0.2) is 11.7 Å². The second kappa shape index (κ2) is 6.17. The largest absolute Gasteiger partial charge is 0.493 e. The van der Waals surface area contributed by atoms with E-state index in [0.717, 1.165) is 5.56 Å². The van der Waals surface area contributed by atoms with Gasteiger partial charge in [0, 0.05) is 6.42 Å². The third kappa shape index (κ3) is 3.57. The molecule has 0 bridgehead atoms. The molecule has 2 aromatic rings. The van der Waals surface area contributed by atoms with Gasteiger partial charge in [0.15, 0.2) is 0 Å². The molecule has 0 aliphatic carbocycles. The monoisotopic (exact) mass is 246 g/mol. The van der Waals surface area contributed by atoms with E-state index in [2.05, 4.69) is 0 Å². The summed E-state index contributed by atoms with van der Waals surface area (Å²) in [6, 6.07) is 15.3. The van der Waals surface area contributed by atoms with E-state index in [4.69, 9.17) is 4.74 Å². The van der Waals surface area contributed by atoms with Crippen LogP contribution in [0.3, 0.4) is 0 Å². The zero-order chi connectivity index (χ0) is 12.8. The highest BCUT2D eigenvalue weighted by atomic mass is 19.1. The molecule has 2 aromatic carbocycles. The molecule has 0 saturated carbocycles. The van der Waals surface area contributed by atoms with E-state index in [9.17, 15) is 9.50 Å². The van der Waals surface area contributed by atoms with Gasteiger partial charge in [-0.3, -0.25) is 0 Å². The fraction of sp³-hybridized carbons (Fsp3) is 0.200. The molecule has 0 aliphatic rings. The van der Waals surface area contributed by atoms with Gasteiger partial charge in [0.05, 0.1) is 12.7 Å². The summed E-state index contributed by atoms with van der Waals surface area (Å²) in [7, 11) is 0. The first-order chi connectivity index (χ1) is 8.75. The lowest BCUT2D eigenvalue weighted by atomic mass is 10.1. The van der Waals surface area contributed by atoms with Crippen LogP contribution in [0.25, 0.3) is 0 Å². The van der Waals surface area contributed by atoms with Crippen LogP contribution in [0.4, 0.5) is 4.39 Å². The molecular weight excluding hydrogens is 231 g/mol. The van der Waals surface area contributed by atoms with Gasteiger partial charge in [-0.25, -0.2) is 4.39 Å². The van der Waals surface area contributed by atoms with Crippen LogP contribution in [-0.2, 0) is 0 Å². The first-order valence-electron chi connectivity index (χ1n) is 5.87. The molecule has 0 heterocycles. The number of benzene rings is 2. The molecule has 1 atom stereocenters. The van der Waals surface area contributed by atoms with Crippen LogP contribution < -0.4 is 4.74 Å². The number of halogens is 1. The maximum atomic E-state index is 12.7. The molecular formula is C15H15FO2. The van der Waals surface area contributed by atoms with Crippen molar-refractivity contribution in [3.63, 3.8) is 0 Å². The highest BCUT2D eigenvalue weighted by Gasteiger charge is 2.06. The fourth-order valence-corrected chi connectivity index (χ4v) is 1.66. The maximum absolute atomic E-state index is 12.7. The van der Waals surface area contributed by atoms with Crippen LogP contribution in [0.1, 0.15) is 18.1 Å². The fourth-order valence-electron chi connectivity index (χ4n) is 1.66. The first kappa shape index (κ1) is 12.6. The molecule has 0 aliphatic heterocycles. The van der Waals surface area contributed by atoms with E-state index in [1.807, 2.05) is 30.3 Å². The lowest BCUT2D eigenvalue weighted by molar-refractivity contribution is 0.140. The van der Waals surface area contributed by atoms with Crippen LogP contribution in [0, 0.1) is 5.82 Å². The Morgan fingerprint density at radius 2 is 1.67 bits per heavy atom. The van der Waals surface area contributed by atoms with Crippen molar-refractivity contribution in [2.45, 2.75) is 12.5 Å². The minimum Gasteiger partial charge on any atom is -0.493 e. The van der Waals surface area contributed by atoms with Crippen LogP contribution in [0.2, 0.25) is 0 Å². The predicted molar refractivity (Wildman–Crippen MR) is 67.9 cm³/mol. The van der Waals surface area contributed by atoms with Crippen LogP contribution >= 0.6 is 0 Å². The summed E-state index contributed by atoms with van der Waals surface area (Å²) in [5.41, 5.74) is 0.875. The molecule has 0 aromatic heterocycles. The zero-order valence-electron chi connectivity index (χ0n) is 9.92. The molecule has 0 fully saturated rings. The van der Waals surface area contributed by atoms with Crippen molar-refractivity contribution >= 4 is 0 Å². The van der Waals surface area contributed by atoms with Gasteiger partial charge in [-0.1, -0.05) is 30.3 Å². The molecule has 1 N–H and O–H groups in total. The van der Waals surface area contributed by atoms with Crippen molar-refractivity contribution in [1.82, 2.24) is 0 Å². The van der Waals surface area contributed by atoms with Crippen LogP contribution in [0.15, 0.2) is 54.6 Å². The Hall–Kier alpha value is -1.87. The van der Waals surface area contributed by atoms with Crippen LogP contribution in [0.5, 0.6) is 5.75 Å². The van der Waals surface area contributed by atoms with E-state index < -0.39 is 6.10 Å². The Balaban J connectivity index is 1.80. The van der Waals surface area contributed by atoms with Gasteiger partial charge in [0.25, 0.3) is 0 Å². The summed E-state index contributed by atoms with van der Waals surface area (Å²) in [6.45, 7) is 0.391. The molecule has 2 rings (SSSR count). The third-order valence-corrected chi connectivity index (χ3v) is 2.66. The standard InChI is InChI=1S/C15H15FO2/c16-13-6-8-14(9-7-13)18-11-10-15(17)12-4-2-1-3-5-12/h1-9,15,17H,10-11H2. The van der Waals surface area contributed by atoms with E-state index >= 15 is 0 Å². The van der Waals surface area contributed by atoms with Crippen molar-refractivity contribution in [2.24, 2.45) is 0 Å². The molecule has 1 unspecified atom stereocenters. The van der Waals surface area contributed by atoms with Gasteiger partial charge in [0.2, 0.25) is 0 Å². The molecule has 2 nitrogen and oxygen atoms in total. The van der Waals surface area contributed by atoms with Crippen molar-refractivity contribution in [3.8, 4) is 5.75 Å². The summed E-state index contributed by atoms with van der Waals surface area (Å²) in [4.78, 5) is 0. The summed E-state index contributed by atoms with van der Waals surface area (Å²) < 4.78 is 18.1. The Labute approximate surface area is 106 Å². The van der Waals surface area contributed by atoms with Crippen molar-refractivity contribution in [1.29, 1.82) is 0 Å². The molecule has 0 radical (unpaired) electrons. The molecule has 18 heavy (non-hydrogen) atoms. The highest BCUT2D eigenvalue weighted by Crippen LogP contribution is 2.17. The van der Waals surface area contributed by atoms with E-state index in [-0.39, 0.29) is 5.82 Å². The number of ether oxygens (including phenoxy) is 1. The van der Waals surface area contributed by atoms with Gasteiger partial charge in [-0.2, -0.15) is 0 Å². The number of hydrogen-bond donors (Lipinski definition) is 1. The van der Waals surface area contributed by atoms with Crippen molar-refractivity contribution < 1.29 is 14.2 Å². The number of aliphatic hydroxyl groups excluding tert-OH is 1. The second-order valence-corrected chi connectivity index (χ2v) is 4.02. The van der Waals surface area contributed by atoms with E-state index in [1.54, 1.807) is 12.1 Å².